The largest absolute Gasteiger partial charge is 0.360 e. The third-order valence-electron chi connectivity index (χ3n) is 5.58. The molecule has 0 aromatic heterocycles. The molecule has 3 rings (SSSR count). The van der Waals surface area contributed by atoms with E-state index in [0.29, 0.717) is 6.54 Å². The standard InChI is InChI=1S/C22H29N3O/c1-18-9-7-8-12-21(18)25-15-13-24(14-16-25)17-22(26)23(3)19(2)20-10-5-4-6-11-20/h4-12,19H,13-17H2,1-3H3/p+1/t19-/m0/s1. The van der Waals surface area contributed by atoms with Gasteiger partial charge in [0.15, 0.2) is 6.54 Å². The lowest BCUT2D eigenvalue weighted by Gasteiger charge is -2.35. The molecule has 1 aliphatic rings. The Bertz CT molecular complexity index is 723. The zero-order valence-corrected chi connectivity index (χ0v) is 16.1. The normalized spacial score (nSPS) is 16.3. The molecule has 0 saturated carbocycles. The van der Waals surface area contributed by atoms with E-state index in [2.05, 4.69) is 55.1 Å². The molecule has 1 N–H and O–H groups in total. The van der Waals surface area contributed by atoms with E-state index in [1.807, 2.05) is 30.1 Å². The summed E-state index contributed by atoms with van der Waals surface area (Å²) in [5, 5.41) is 0. The number of nitrogens with one attached hydrogen (secondary N) is 1. The molecule has 4 heteroatoms. The smallest absolute Gasteiger partial charge is 0.278 e. The van der Waals surface area contributed by atoms with Gasteiger partial charge >= 0.3 is 0 Å². The van der Waals surface area contributed by atoms with Crippen LogP contribution >= 0.6 is 0 Å². The number of piperazine rings is 1. The van der Waals surface area contributed by atoms with Gasteiger partial charge in [-0.1, -0.05) is 48.5 Å². The minimum atomic E-state index is 0.108. The van der Waals surface area contributed by atoms with E-state index in [-0.39, 0.29) is 11.9 Å². The number of carbonyl (C=O) groups excluding carboxylic acids is 1. The summed E-state index contributed by atoms with van der Waals surface area (Å²) < 4.78 is 0. The van der Waals surface area contributed by atoms with Crippen molar-refractivity contribution in [3.63, 3.8) is 0 Å². The fraction of sp³-hybridized carbons (Fsp3) is 0.409. The van der Waals surface area contributed by atoms with Gasteiger partial charge in [0.05, 0.1) is 32.2 Å². The molecule has 1 fully saturated rings. The predicted molar refractivity (Wildman–Crippen MR) is 107 cm³/mol. The van der Waals surface area contributed by atoms with Crippen molar-refractivity contribution in [3.8, 4) is 0 Å². The van der Waals surface area contributed by atoms with Gasteiger partial charge in [-0.3, -0.25) is 4.79 Å². The van der Waals surface area contributed by atoms with Gasteiger partial charge in [-0.2, -0.15) is 0 Å². The van der Waals surface area contributed by atoms with Crippen LogP contribution in [0, 0.1) is 6.92 Å². The number of amides is 1. The van der Waals surface area contributed by atoms with Crippen LogP contribution in [0.25, 0.3) is 0 Å². The van der Waals surface area contributed by atoms with Crippen molar-refractivity contribution in [2.45, 2.75) is 19.9 Å². The number of benzene rings is 2. The molecule has 4 nitrogen and oxygen atoms in total. The summed E-state index contributed by atoms with van der Waals surface area (Å²) in [6, 6.07) is 18.9. The SMILES string of the molecule is Cc1ccccc1N1CC[NH+](CC(=O)N(C)[C@@H](C)c2ccccc2)CC1. The number of rotatable bonds is 5. The maximum atomic E-state index is 12.7. The predicted octanol–water partition coefficient (Wildman–Crippen LogP) is 1.92. The van der Waals surface area contributed by atoms with E-state index in [1.54, 1.807) is 0 Å². The van der Waals surface area contributed by atoms with Crippen molar-refractivity contribution in [3.05, 3.63) is 65.7 Å². The number of anilines is 1. The molecule has 26 heavy (non-hydrogen) atoms. The summed E-state index contributed by atoms with van der Waals surface area (Å²) in [6.07, 6.45) is 0. The van der Waals surface area contributed by atoms with Gasteiger partial charge in [0.25, 0.3) is 5.91 Å². The van der Waals surface area contributed by atoms with Crippen LogP contribution in [0.5, 0.6) is 0 Å². The highest BCUT2D eigenvalue weighted by Gasteiger charge is 2.26. The maximum Gasteiger partial charge on any atom is 0.278 e. The topological polar surface area (TPSA) is 28.0 Å². The summed E-state index contributed by atoms with van der Waals surface area (Å²) >= 11 is 0. The Labute approximate surface area is 157 Å². The molecule has 1 heterocycles. The Balaban J connectivity index is 1.52. The van der Waals surface area contributed by atoms with Crippen LogP contribution in [0.15, 0.2) is 54.6 Å². The minimum Gasteiger partial charge on any atom is -0.360 e. The lowest BCUT2D eigenvalue weighted by atomic mass is 10.1. The summed E-state index contributed by atoms with van der Waals surface area (Å²) in [6.45, 7) is 8.87. The van der Waals surface area contributed by atoms with E-state index in [9.17, 15) is 4.79 Å². The van der Waals surface area contributed by atoms with Crippen molar-refractivity contribution < 1.29 is 9.69 Å². The minimum absolute atomic E-state index is 0.108. The second kappa shape index (κ2) is 8.37. The molecule has 0 aliphatic carbocycles. The number of nitrogens with zero attached hydrogens (tertiary/aromatic N) is 2. The number of para-hydroxylation sites is 1. The lowest BCUT2D eigenvalue weighted by molar-refractivity contribution is -0.892. The van der Waals surface area contributed by atoms with E-state index in [4.69, 9.17) is 0 Å². The summed E-state index contributed by atoms with van der Waals surface area (Å²) in [5.41, 5.74) is 3.83. The number of aryl methyl sites for hydroxylation is 1. The number of likely N-dealkylation sites (N-methyl/N-ethyl adjacent to an activating group) is 1. The van der Waals surface area contributed by atoms with Crippen molar-refractivity contribution in [1.82, 2.24) is 4.90 Å². The number of carbonyl (C=O) groups is 1. The van der Waals surface area contributed by atoms with E-state index in [0.717, 1.165) is 26.2 Å². The molecule has 0 unspecified atom stereocenters. The molecule has 1 aliphatic heterocycles. The van der Waals surface area contributed by atoms with E-state index < -0.39 is 0 Å². The first kappa shape index (κ1) is 18.5. The van der Waals surface area contributed by atoms with Crippen LogP contribution in [0.2, 0.25) is 0 Å². The van der Waals surface area contributed by atoms with Crippen molar-refractivity contribution in [2.75, 3.05) is 44.7 Å². The Kier molecular flexibility index (Phi) is 5.94. The van der Waals surface area contributed by atoms with Gasteiger partial charge in [0.1, 0.15) is 0 Å². The molecule has 1 saturated heterocycles. The molecule has 2 aromatic carbocycles. The number of hydrogen-bond donors (Lipinski definition) is 1. The maximum absolute atomic E-state index is 12.7. The first-order valence-electron chi connectivity index (χ1n) is 9.51. The fourth-order valence-corrected chi connectivity index (χ4v) is 3.67. The van der Waals surface area contributed by atoms with Crippen LogP contribution in [-0.4, -0.2) is 50.6 Å². The highest BCUT2D eigenvalue weighted by Crippen LogP contribution is 2.19. The van der Waals surface area contributed by atoms with Crippen LogP contribution < -0.4 is 9.80 Å². The van der Waals surface area contributed by atoms with Crippen LogP contribution in [0.1, 0.15) is 24.1 Å². The van der Waals surface area contributed by atoms with Gasteiger partial charge < -0.3 is 14.7 Å². The highest BCUT2D eigenvalue weighted by atomic mass is 16.2. The van der Waals surface area contributed by atoms with Gasteiger partial charge in [0, 0.05) is 12.7 Å². The Hall–Kier alpha value is -2.33. The average molecular weight is 353 g/mol. The fourth-order valence-electron chi connectivity index (χ4n) is 3.67. The van der Waals surface area contributed by atoms with Gasteiger partial charge in [-0.15, -0.1) is 0 Å². The molecule has 1 atom stereocenters. The lowest BCUT2D eigenvalue weighted by Crippen LogP contribution is -3.15. The Morgan fingerprint density at radius 3 is 2.35 bits per heavy atom. The summed E-state index contributed by atoms with van der Waals surface area (Å²) in [7, 11) is 1.92. The molecule has 0 spiro atoms. The molecular weight excluding hydrogens is 322 g/mol. The molecule has 0 bridgehead atoms. The zero-order valence-electron chi connectivity index (χ0n) is 16.1. The molecule has 2 aromatic rings. The molecule has 138 valence electrons. The van der Waals surface area contributed by atoms with Crippen LogP contribution in [0.4, 0.5) is 5.69 Å². The summed E-state index contributed by atoms with van der Waals surface area (Å²) in [5.74, 6) is 0.223. The van der Waals surface area contributed by atoms with Crippen molar-refractivity contribution >= 4 is 11.6 Å². The van der Waals surface area contributed by atoms with E-state index >= 15 is 0 Å². The second-order valence-corrected chi connectivity index (χ2v) is 7.29. The highest BCUT2D eigenvalue weighted by molar-refractivity contribution is 5.77. The Morgan fingerprint density at radius 1 is 1.08 bits per heavy atom. The molecular formula is C22H30N3O+. The second-order valence-electron chi connectivity index (χ2n) is 7.29. The Morgan fingerprint density at radius 2 is 1.69 bits per heavy atom. The van der Waals surface area contributed by atoms with Gasteiger partial charge in [-0.25, -0.2) is 0 Å². The quantitative estimate of drug-likeness (QED) is 0.890. The van der Waals surface area contributed by atoms with Gasteiger partial charge in [0.2, 0.25) is 0 Å². The molecule has 1 amide bonds. The van der Waals surface area contributed by atoms with Crippen LogP contribution in [-0.2, 0) is 4.79 Å². The van der Waals surface area contributed by atoms with Crippen molar-refractivity contribution in [2.24, 2.45) is 0 Å². The number of quaternary nitrogens is 1. The zero-order chi connectivity index (χ0) is 18.5. The van der Waals surface area contributed by atoms with Gasteiger partial charge in [-0.05, 0) is 31.0 Å². The first-order chi connectivity index (χ1) is 12.6. The third kappa shape index (κ3) is 4.25. The first-order valence-corrected chi connectivity index (χ1v) is 9.51. The third-order valence-corrected chi connectivity index (χ3v) is 5.58. The average Bonchev–Trinajstić information content (AvgIpc) is 2.68. The molecule has 0 radical (unpaired) electrons. The van der Waals surface area contributed by atoms with Crippen LogP contribution in [0.3, 0.4) is 0 Å². The summed E-state index contributed by atoms with van der Waals surface area (Å²) in [4.78, 5) is 18.4. The number of hydrogen-bond acceptors (Lipinski definition) is 2. The van der Waals surface area contributed by atoms with Crippen molar-refractivity contribution in [1.29, 1.82) is 0 Å². The van der Waals surface area contributed by atoms with E-state index in [1.165, 1.54) is 21.7 Å². The monoisotopic (exact) mass is 352 g/mol.